The molecule has 1 heterocycles. The van der Waals surface area contributed by atoms with Crippen molar-refractivity contribution in [3.05, 3.63) is 16.1 Å². The molecule has 1 amide bonds. The van der Waals surface area contributed by atoms with Crippen LogP contribution in [0.25, 0.3) is 0 Å². The van der Waals surface area contributed by atoms with Crippen molar-refractivity contribution in [1.29, 1.82) is 0 Å². The van der Waals surface area contributed by atoms with Gasteiger partial charge in [0, 0.05) is 18.5 Å². The average Bonchev–Trinajstić information content (AvgIpc) is 2.71. The van der Waals surface area contributed by atoms with Crippen LogP contribution in [0.3, 0.4) is 0 Å². The Bertz CT molecular complexity index is 393. The summed E-state index contributed by atoms with van der Waals surface area (Å²) >= 11 is 1.52. The van der Waals surface area contributed by atoms with Gasteiger partial charge in [-0.2, -0.15) is 0 Å². The summed E-state index contributed by atoms with van der Waals surface area (Å²) in [6, 6.07) is 0. The minimum Gasteiger partial charge on any atom is -0.389 e. The zero-order chi connectivity index (χ0) is 14.3. The number of nitrogens with zero attached hydrogens (tertiary/aromatic N) is 1. The van der Waals surface area contributed by atoms with Crippen LogP contribution in [0.15, 0.2) is 5.38 Å². The van der Waals surface area contributed by atoms with Crippen LogP contribution in [0.2, 0.25) is 0 Å². The van der Waals surface area contributed by atoms with Crippen LogP contribution in [0.5, 0.6) is 0 Å². The Balaban J connectivity index is 2.15. The number of hydrogen-bond acceptors (Lipinski definition) is 5. The molecule has 0 saturated heterocycles. The van der Waals surface area contributed by atoms with Crippen LogP contribution >= 0.6 is 11.3 Å². The van der Waals surface area contributed by atoms with Gasteiger partial charge in [0.2, 0.25) is 5.91 Å². The Labute approximate surface area is 118 Å². The molecule has 0 fully saturated rings. The maximum Gasteiger partial charge on any atom is 0.226 e. The third-order valence-electron chi connectivity index (χ3n) is 2.30. The van der Waals surface area contributed by atoms with Gasteiger partial charge >= 0.3 is 0 Å². The van der Waals surface area contributed by atoms with E-state index in [4.69, 9.17) is 4.74 Å². The molecule has 108 valence electrons. The van der Waals surface area contributed by atoms with Crippen molar-refractivity contribution >= 4 is 17.2 Å². The summed E-state index contributed by atoms with van der Waals surface area (Å²) in [5.74, 6) is 0.308. The summed E-state index contributed by atoms with van der Waals surface area (Å²) in [6.45, 7) is 7.06. The molecular formula is C13H22N2O3S. The van der Waals surface area contributed by atoms with E-state index in [0.29, 0.717) is 12.5 Å². The van der Waals surface area contributed by atoms with Gasteiger partial charge in [-0.15, -0.1) is 11.3 Å². The number of carbonyl (C=O) groups excluding carboxylic acids is 1. The first-order chi connectivity index (χ1) is 8.97. The summed E-state index contributed by atoms with van der Waals surface area (Å²) < 4.78 is 5.30. The lowest BCUT2D eigenvalue weighted by Crippen LogP contribution is -2.35. The summed E-state index contributed by atoms with van der Waals surface area (Å²) in [6.07, 6.45) is -0.413. The first-order valence-electron chi connectivity index (χ1n) is 6.41. The fraction of sp³-hybridized carbons (Fsp3) is 0.692. The zero-order valence-electron chi connectivity index (χ0n) is 11.7. The highest BCUT2D eigenvalue weighted by molar-refractivity contribution is 7.09. The third-order valence-corrected chi connectivity index (χ3v) is 3.13. The molecule has 0 radical (unpaired) electrons. The third kappa shape index (κ3) is 7.25. The van der Waals surface area contributed by atoms with E-state index >= 15 is 0 Å². The number of aryl methyl sites for hydroxylation is 1. The summed E-state index contributed by atoms with van der Waals surface area (Å²) in [5.41, 5.74) is 0.769. The number of aliphatic hydroxyl groups is 1. The van der Waals surface area contributed by atoms with Crippen LogP contribution < -0.4 is 5.32 Å². The highest BCUT2D eigenvalue weighted by Gasteiger charge is 2.09. The van der Waals surface area contributed by atoms with Crippen molar-refractivity contribution in [3.8, 4) is 0 Å². The van der Waals surface area contributed by atoms with Gasteiger partial charge in [-0.3, -0.25) is 4.79 Å². The number of nitrogens with one attached hydrogen (secondary N) is 1. The van der Waals surface area contributed by atoms with Gasteiger partial charge in [-0.1, -0.05) is 13.8 Å². The van der Waals surface area contributed by atoms with Gasteiger partial charge in [-0.05, 0) is 12.8 Å². The topological polar surface area (TPSA) is 71.5 Å². The second-order valence-electron chi connectivity index (χ2n) is 4.92. The molecule has 1 aromatic rings. The van der Waals surface area contributed by atoms with Crippen LogP contribution in [-0.4, -0.2) is 41.9 Å². The predicted octanol–water partition coefficient (Wildman–Crippen LogP) is 1.14. The largest absolute Gasteiger partial charge is 0.389 e. The van der Waals surface area contributed by atoms with Crippen LogP contribution in [0, 0.1) is 12.8 Å². The molecule has 5 nitrogen and oxygen atoms in total. The molecule has 0 spiro atoms. The van der Waals surface area contributed by atoms with Crippen LogP contribution in [0.1, 0.15) is 24.5 Å². The number of aliphatic hydroxyl groups excluding tert-OH is 1. The van der Waals surface area contributed by atoms with Crippen molar-refractivity contribution in [2.45, 2.75) is 33.3 Å². The molecule has 6 heteroatoms. The minimum absolute atomic E-state index is 0.131. The summed E-state index contributed by atoms with van der Waals surface area (Å²) in [7, 11) is 0. The van der Waals surface area contributed by atoms with Crippen molar-refractivity contribution in [3.63, 3.8) is 0 Å². The molecule has 0 aromatic carbocycles. The minimum atomic E-state index is -0.667. The average molecular weight is 286 g/mol. The highest BCUT2D eigenvalue weighted by atomic mass is 32.1. The maximum atomic E-state index is 11.6. The molecule has 0 bridgehead atoms. The predicted molar refractivity (Wildman–Crippen MR) is 75.2 cm³/mol. The van der Waals surface area contributed by atoms with Crippen molar-refractivity contribution < 1.29 is 14.6 Å². The van der Waals surface area contributed by atoms with Crippen LogP contribution in [0.4, 0.5) is 0 Å². The molecule has 0 aliphatic rings. The van der Waals surface area contributed by atoms with E-state index in [0.717, 1.165) is 10.7 Å². The van der Waals surface area contributed by atoms with Gasteiger partial charge in [0.1, 0.15) is 0 Å². The number of ether oxygens (including phenoxy) is 1. The Morgan fingerprint density at radius 1 is 1.53 bits per heavy atom. The van der Waals surface area contributed by atoms with E-state index in [1.807, 2.05) is 26.2 Å². The maximum absolute atomic E-state index is 11.6. The number of carbonyl (C=O) groups is 1. The van der Waals surface area contributed by atoms with Crippen molar-refractivity contribution in [2.24, 2.45) is 5.92 Å². The van der Waals surface area contributed by atoms with Gasteiger partial charge in [0.15, 0.2) is 0 Å². The second kappa shape index (κ2) is 8.24. The summed E-state index contributed by atoms with van der Waals surface area (Å²) in [5, 5.41) is 15.1. The Morgan fingerprint density at radius 3 is 2.84 bits per heavy atom. The lowest BCUT2D eigenvalue weighted by molar-refractivity contribution is -0.121. The quantitative estimate of drug-likeness (QED) is 0.752. The molecule has 1 rings (SSSR count). The van der Waals surface area contributed by atoms with E-state index in [-0.39, 0.29) is 25.5 Å². The van der Waals surface area contributed by atoms with Gasteiger partial charge in [0.25, 0.3) is 0 Å². The van der Waals surface area contributed by atoms with Gasteiger partial charge in [0.05, 0.1) is 29.8 Å². The molecular weight excluding hydrogens is 264 g/mol. The van der Waals surface area contributed by atoms with Crippen LogP contribution in [-0.2, 0) is 16.0 Å². The van der Waals surface area contributed by atoms with Crippen molar-refractivity contribution in [1.82, 2.24) is 10.3 Å². The first-order valence-corrected chi connectivity index (χ1v) is 7.29. The molecule has 19 heavy (non-hydrogen) atoms. The number of amides is 1. The fourth-order valence-electron chi connectivity index (χ4n) is 1.45. The van der Waals surface area contributed by atoms with E-state index in [9.17, 15) is 9.90 Å². The van der Waals surface area contributed by atoms with Crippen molar-refractivity contribution in [2.75, 3.05) is 19.8 Å². The number of hydrogen-bond donors (Lipinski definition) is 2. The van der Waals surface area contributed by atoms with E-state index in [1.54, 1.807) is 0 Å². The number of rotatable bonds is 8. The lowest BCUT2D eigenvalue weighted by Gasteiger charge is -2.13. The summed E-state index contributed by atoms with van der Waals surface area (Å²) in [4.78, 5) is 15.8. The Morgan fingerprint density at radius 2 is 2.26 bits per heavy atom. The van der Waals surface area contributed by atoms with E-state index in [1.165, 1.54) is 11.3 Å². The highest BCUT2D eigenvalue weighted by Crippen LogP contribution is 2.08. The molecule has 0 saturated carbocycles. The van der Waals surface area contributed by atoms with Gasteiger partial charge < -0.3 is 15.2 Å². The zero-order valence-corrected chi connectivity index (χ0v) is 12.5. The number of thiazole rings is 1. The fourth-order valence-corrected chi connectivity index (χ4v) is 2.06. The normalized spacial score (nSPS) is 12.7. The first kappa shape index (κ1) is 16.1. The smallest absolute Gasteiger partial charge is 0.226 e. The molecule has 0 aliphatic heterocycles. The van der Waals surface area contributed by atoms with E-state index in [2.05, 4.69) is 10.3 Å². The Hall–Kier alpha value is -0.980. The lowest BCUT2D eigenvalue weighted by atomic mass is 10.2. The standard InChI is InChI=1S/C13H22N2O3S/c1-9(2)6-18-7-12(16)5-14-13(17)4-11-8-19-10(3)15-11/h8-9,12,16H,4-7H2,1-3H3,(H,14,17). The SMILES string of the molecule is Cc1nc(CC(=O)NCC(O)COCC(C)C)cs1. The molecule has 1 aromatic heterocycles. The second-order valence-corrected chi connectivity index (χ2v) is 5.99. The molecule has 1 unspecified atom stereocenters. The molecule has 1 atom stereocenters. The molecule has 0 aliphatic carbocycles. The molecule has 2 N–H and O–H groups in total. The number of aromatic nitrogens is 1. The Kier molecular flexibility index (Phi) is 6.97. The van der Waals surface area contributed by atoms with E-state index < -0.39 is 6.10 Å². The monoisotopic (exact) mass is 286 g/mol. The van der Waals surface area contributed by atoms with Gasteiger partial charge in [-0.25, -0.2) is 4.98 Å².